The third-order valence-electron chi connectivity index (χ3n) is 10.8. The van der Waals surface area contributed by atoms with E-state index >= 15 is 0 Å². The maximum absolute atomic E-state index is 14.9. The number of quaternary nitrogens is 2. The van der Waals surface area contributed by atoms with Crippen molar-refractivity contribution in [2.24, 2.45) is 0 Å². The Morgan fingerprint density at radius 2 is 0.981 bits per heavy atom. The lowest BCUT2D eigenvalue weighted by Crippen LogP contribution is -2.57. The molecule has 0 aliphatic carbocycles. The first-order valence-corrected chi connectivity index (χ1v) is 17.8. The number of aromatic nitrogens is 2. The number of carbonyl (C=O) groups is 4. The molecule has 2 atom stereocenters. The van der Waals surface area contributed by atoms with Gasteiger partial charge in [-0.15, -0.1) is 8.97 Å². The molecule has 53 heavy (non-hydrogen) atoms. The van der Waals surface area contributed by atoms with E-state index in [9.17, 15) is 19.2 Å². The fourth-order valence-electron chi connectivity index (χ4n) is 8.25. The van der Waals surface area contributed by atoms with Crippen LogP contribution >= 0.6 is 0 Å². The Bertz CT molecular complexity index is 2020. The summed E-state index contributed by atoms with van der Waals surface area (Å²) in [4.78, 5) is 59.6. The first kappa shape index (κ1) is 32.7. The van der Waals surface area contributed by atoms with Crippen molar-refractivity contribution >= 4 is 36.0 Å². The molecule has 2 saturated heterocycles. The number of allylic oxidation sites excluding steroid dienone is 8. The number of carbonyl (C=O) groups excluding carboxylic acids is 4. The summed E-state index contributed by atoms with van der Waals surface area (Å²) in [6.07, 6.45) is 15.5. The molecule has 9 rings (SSSR count). The van der Waals surface area contributed by atoms with Gasteiger partial charge in [-0.05, 0) is 47.0 Å². The summed E-state index contributed by atoms with van der Waals surface area (Å²) in [5, 5.41) is 8.97. The molecule has 266 valence electrons. The minimum atomic E-state index is -0.827. The van der Waals surface area contributed by atoms with Crippen molar-refractivity contribution in [3.8, 4) is 0 Å². The minimum Gasteiger partial charge on any atom is -0.445 e. The third-order valence-corrected chi connectivity index (χ3v) is 10.8. The van der Waals surface area contributed by atoms with Crippen molar-refractivity contribution in [1.29, 1.82) is 0 Å². The van der Waals surface area contributed by atoms with Gasteiger partial charge in [-0.1, -0.05) is 60.7 Å². The highest BCUT2D eigenvalue weighted by atomic mass is 16.6. The lowest BCUT2D eigenvalue weighted by molar-refractivity contribution is -0.131. The van der Waals surface area contributed by atoms with Gasteiger partial charge in [-0.25, -0.2) is 19.2 Å². The molecular formula is C40H36N6O7+2. The van der Waals surface area contributed by atoms with Crippen LogP contribution in [0.4, 0.5) is 21.6 Å². The number of hydrogen-bond acceptors (Lipinski definition) is 9. The molecule has 1 aromatic heterocycles. The minimum absolute atomic E-state index is 0.0437. The number of rotatable bonds is 8. The van der Waals surface area contributed by atoms with Gasteiger partial charge in [0.15, 0.2) is 34.9 Å². The van der Waals surface area contributed by atoms with Crippen molar-refractivity contribution in [3.63, 3.8) is 0 Å². The normalized spacial score (nSPS) is 22.5. The van der Waals surface area contributed by atoms with Crippen molar-refractivity contribution in [3.05, 3.63) is 143 Å². The number of likely N-dealkylation sites (tertiary alicyclic amines) is 2. The van der Waals surface area contributed by atoms with Crippen LogP contribution in [0.2, 0.25) is 0 Å². The topological polar surface area (TPSA) is 132 Å². The Labute approximate surface area is 304 Å². The Hall–Kier alpha value is -6.18. The Kier molecular flexibility index (Phi) is 7.90. The first-order chi connectivity index (χ1) is 25.9. The molecule has 13 heteroatoms. The summed E-state index contributed by atoms with van der Waals surface area (Å²) in [7, 11) is 0. The molecular weight excluding hydrogens is 676 g/mol. The van der Waals surface area contributed by atoms with Gasteiger partial charge in [0.1, 0.15) is 13.2 Å². The highest BCUT2D eigenvalue weighted by molar-refractivity contribution is 6.03. The molecule has 0 spiro atoms. The summed E-state index contributed by atoms with van der Waals surface area (Å²) in [5.41, 5.74) is 4.04. The van der Waals surface area contributed by atoms with Crippen LogP contribution in [-0.4, -0.2) is 69.2 Å². The summed E-state index contributed by atoms with van der Waals surface area (Å²) >= 11 is 0. The second kappa shape index (κ2) is 12.8. The van der Waals surface area contributed by atoms with Gasteiger partial charge in [0.25, 0.3) is 0 Å². The van der Waals surface area contributed by atoms with E-state index in [4.69, 9.17) is 13.9 Å². The fourth-order valence-corrected chi connectivity index (χ4v) is 8.25. The van der Waals surface area contributed by atoms with Crippen molar-refractivity contribution in [2.45, 2.75) is 51.0 Å². The Morgan fingerprint density at radius 3 is 1.34 bits per heavy atom. The van der Waals surface area contributed by atoms with Crippen molar-refractivity contribution < 1.29 is 33.1 Å². The van der Waals surface area contributed by atoms with E-state index in [1.165, 1.54) is 9.80 Å². The SMILES string of the molecule is O=C(OCc1ccccc1)N1CCC[C@H]1C(=O)[N+]1(c2nnc([N+]3(C(=O)[C@@H]4CCCN4C(=O)OCc4ccccc4)C4=CC=C3C=C4)o2)C2=CC=C1C=C2. The molecule has 2 aromatic carbocycles. The van der Waals surface area contributed by atoms with E-state index in [2.05, 4.69) is 10.2 Å². The highest BCUT2D eigenvalue weighted by Crippen LogP contribution is 2.50. The zero-order valence-electron chi connectivity index (χ0n) is 28.7. The number of benzene rings is 2. The molecule has 0 unspecified atom stereocenters. The molecule has 0 radical (unpaired) electrons. The van der Waals surface area contributed by atoms with E-state index in [0.29, 0.717) is 61.6 Å². The molecule has 0 saturated carbocycles. The summed E-state index contributed by atoms with van der Waals surface area (Å²) in [6.45, 7) is 0.884. The Morgan fingerprint density at radius 1 is 0.604 bits per heavy atom. The number of amides is 4. The van der Waals surface area contributed by atoms with Crippen LogP contribution in [0.15, 0.2) is 136 Å². The zero-order chi connectivity index (χ0) is 36.2. The quantitative estimate of drug-likeness (QED) is 0.257. The lowest BCUT2D eigenvalue weighted by atomic mass is 10.1. The summed E-state index contributed by atoms with van der Waals surface area (Å²) in [5.74, 6) is -0.673. The maximum atomic E-state index is 14.9. The van der Waals surface area contributed by atoms with Crippen LogP contribution < -0.4 is 8.97 Å². The van der Waals surface area contributed by atoms with Crippen molar-refractivity contribution in [2.75, 3.05) is 13.1 Å². The van der Waals surface area contributed by atoms with Crippen LogP contribution in [0.5, 0.6) is 0 Å². The van der Waals surface area contributed by atoms with Gasteiger partial charge in [0, 0.05) is 61.7 Å². The molecule has 4 bridgehead atoms. The van der Waals surface area contributed by atoms with Crippen LogP contribution in [-0.2, 0) is 32.3 Å². The number of ether oxygens (including phenoxy) is 2. The zero-order valence-corrected chi connectivity index (χ0v) is 28.7. The first-order valence-electron chi connectivity index (χ1n) is 17.8. The highest BCUT2D eigenvalue weighted by Gasteiger charge is 2.64. The van der Waals surface area contributed by atoms with Crippen LogP contribution in [0.3, 0.4) is 0 Å². The average molecular weight is 713 g/mol. The van der Waals surface area contributed by atoms with Gasteiger partial charge < -0.3 is 13.9 Å². The van der Waals surface area contributed by atoms with Crippen LogP contribution in [0, 0.1) is 0 Å². The van der Waals surface area contributed by atoms with Gasteiger partial charge in [0.05, 0.1) is 0 Å². The fraction of sp³-hybridized carbons (Fsp3) is 0.250. The smallest absolute Gasteiger partial charge is 0.445 e. The van der Waals surface area contributed by atoms with Gasteiger partial charge in [0.2, 0.25) is 0 Å². The number of nitrogens with zero attached hydrogens (tertiary/aromatic N) is 6. The second-order valence-corrected chi connectivity index (χ2v) is 13.7. The van der Waals surface area contributed by atoms with Gasteiger partial charge in [-0.3, -0.25) is 9.80 Å². The molecule has 2 fully saturated rings. The van der Waals surface area contributed by atoms with Gasteiger partial charge in [-0.2, -0.15) is 0 Å². The monoisotopic (exact) mass is 712 g/mol. The number of hydrogen-bond donors (Lipinski definition) is 0. The summed E-state index contributed by atoms with van der Waals surface area (Å²) in [6, 6.07) is 17.0. The lowest BCUT2D eigenvalue weighted by Gasteiger charge is -2.32. The van der Waals surface area contributed by atoms with Gasteiger partial charge >= 0.3 is 36.0 Å². The van der Waals surface area contributed by atoms with Crippen molar-refractivity contribution in [1.82, 2.24) is 29.0 Å². The average Bonchev–Trinajstić information content (AvgIpc) is 4.07. The van der Waals surface area contributed by atoms with E-state index < -0.39 is 33.2 Å². The number of fused-ring (bicyclic) bond motifs is 4. The Balaban J connectivity index is 1.02. The van der Waals surface area contributed by atoms with E-state index in [-0.39, 0.29) is 37.1 Å². The largest absolute Gasteiger partial charge is 0.447 e. The third kappa shape index (κ3) is 4.99. The molecule has 6 aliphatic heterocycles. The second-order valence-electron chi connectivity index (χ2n) is 13.7. The van der Waals surface area contributed by atoms with E-state index in [1.54, 1.807) is 0 Å². The summed E-state index contributed by atoms with van der Waals surface area (Å²) < 4.78 is 16.8. The standard InChI is InChI=1S/C40H36N6O7/c47-35(33-13-7-23-43(33)39(49)51-25-27-9-3-1-4-10-27)45(29-15-16-30(45)18-17-29)37-41-42-38(53-37)46(31-19-20-32(46)22-21-31)36(48)34-14-8-24-44(34)40(50)52-26-28-11-5-2-6-12-28/h1-6,9-12,15-22,33-34H,7-8,13-14,23-26H2/q+2/t33-,34-/m0/s1. The molecule has 7 heterocycles. The van der Waals surface area contributed by atoms with E-state index in [1.807, 2.05) is 109 Å². The molecule has 6 aliphatic rings. The predicted octanol–water partition coefficient (Wildman–Crippen LogP) is 6.04. The van der Waals surface area contributed by atoms with Crippen LogP contribution in [0.25, 0.3) is 0 Å². The molecule has 13 nitrogen and oxygen atoms in total. The van der Waals surface area contributed by atoms with E-state index in [0.717, 1.165) is 11.1 Å². The maximum Gasteiger partial charge on any atom is 0.447 e. The molecule has 3 aromatic rings. The predicted molar refractivity (Wildman–Crippen MR) is 191 cm³/mol. The van der Waals surface area contributed by atoms with Crippen LogP contribution in [0.1, 0.15) is 36.8 Å². The molecule has 4 amide bonds. The molecule has 0 N–H and O–H groups in total.